The van der Waals surface area contributed by atoms with Crippen LogP contribution in [0.25, 0.3) is 0 Å². The van der Waals surface area contributed by atoms with Gasteiger partial charge in [-0.05, 0) is 48.4 Å². The molecule has 0 radical (unpaired) electrons. The summed E-state index contributed by atoms with van der Waals surface area (Å²) in [7, 11) is 1.27. The van der Waals surface area contributed by atoms with Gasteiger partial charge in [0.05, 0.1) is 25.9 Å². The van der Waals surface area contributed by atoms with Crippen LogP contribution in [0.3, 0.4) is 0 Å². The first-order valence-corrected chi connectivity index (χ1v) is 10.5. The number of rotatable bonds is 10. The summed E-state index contributed by atoms with van der Waals surface area (Å²) in [6.07, 6.45) is 0.695. The zero-order valence-electron chi connectivity index (χ0n) is 17.6. The first-order valence-electron chi connectivity index (χ1n) is 10.1. The summed E-state index contributed by atoms with van der Waals surface area (Å²) in [5, 5.41) is 3.26. The molecule has 0 heterocycles. The highest BCUT2D eigenvalue weighted by atomic mass is 35.5. The fraction of sp³-hybridized carbons (Fsp3) is 0.200. The molecule has 3 aromatic carbocycles. The van der Waals surface area contributed by atoms with E-state index < -0.39 is 17.9 Å². The van der Waals surface area contributed by atoms with Gasteiger partial charge in [-0.25, -0.2) is 4.79 Å². The zero-order chi connectivity index (χ0) is 22.8. The minimum atomic E-state index is -0.952. The third-order valence-electron chi connectivity index (χ3n) is 4.63. The molecule has 32 heavy (non-hydrogen) atoms. The molecule has 0 saturated heterocycles. The number of amides is 1. The Balaban J connectivity index is 1.63. The minimum Gasteiger partial charge on any atom is -0.467 e. The Hall–Kier alpha value is -3.35. The molecule has 1 amide bonds. The van der Waals surface area contributed by atoms with Crippen LogP contribution in [0, 0.1) is 0 Å². The van der Waals surface area contributed by atoms with Crippen molar-refractivity contribution in [2.75, 3.05) is 20.3 Å². The van der Waals surface area contributed by atoms with Gasteiger partial charge in [-0.2, -0.15) is 0 Å². The van der Waals surface area contributed by atoms with Crippen LogP contribution in [-0.2, 0) is 20.7 Å². The van der Waals surface area contributed by atoms with Crippen LogP contribution in [0.2, 0.25) is 5.02 Å². The molecule has 3 rings (SSSR count). The molecule has 0 spiro atoms. The molecule has 6 nitrogen and oxygen atoms in total. The lowest BCUT2D eigenvalue weighted by atomic mass is 10.1. The Morgan fingerprint density at radius 3 is 2.34 bits per heavy atom. The summed E-state index contributed by atoms with van der Waals surface area (Å²) < 4.78 is 16.3. The first kappa shape index (κ1) is 23.3. The number of carbonyl (C=O) groups is 2. The summed E-state index contributed by atoms with van der Waals surface area (Å²) in [6, 6.07) is 22.5. The van der Waals surface area contributed by atoms with Gasteiger partial charge < -0.3 is 19.5 Å². The van der Waals surface area contributed by atoms with E-state index in [1.807, 2.05) is 30.3 Å². The highest BCUT2D eigenvalue weighted by Gasteiger charge is 2.24. The van der Waals surface area contributed by atoms with Crippen molar-refractivity contribution >= 4 is 23.5 Å². The van der Waals surface area contributed by atoms with Gasteiger partial charge in [-0.3, -0.25) is 4.79 Å². The Kier molecular flexibility index (Phi) is 8.66. The lowest BCUT2D eigenvalue weighted by Crippen LogP contribution is -2.44. The number of hydrogen-bond donors (Lipinski definition) is 1. The smallest absolute Gasteiger partial charge is 0.330 e. The summed E-state index contributed by atoms with van der Waals surface area (Å²) in [5.41, 5.74) is 1.40. The standard InChI is InChI=1S/C25H24ClNO5/c1-30-25(29)22(17-31-16-15-18-7-3-2-4-8-18)27-24(28)21-9-5-6-10-23(21)32-20-13-11-19(26)12-14-20/h2-14,22H,15-17H2,1H3,(H,27,28). The predicted molar refractivity (Wildman–Crippen MR) is 122 cm³/mol. The molecule has 0 aromatic heterocycles. The van der Waals surface area contributed by atoms with Gasteiger partial charge >= 0.3 is 5.97 Å². The van der Waals surface area contributed by atoms with Crippen molar-refractivity contribution in [2.45, 2.75) is 12.5 Å². The molecule has 0 aliphatic rings. The second-order valence-electron chi connectivity index (χ2n) is 6.91. The molecule has 1 atom stereocenters. The van der Waals surface area contributed by atoms with Gasteiger partial charge in [0.25, 0.3) is 5.91 Å². The summed E-state index contributed by atoms with van der Waals surface area (Å²) in [6.45, 7) is 0.398. The van der Waals surface area contributed by atoms with E-state index in [4.69, 9.17) is 25.8 Å². The van der Waals surface area contributed by atoms with E-state index in [0.29, 0.717) is 29.5 Å². The van der Waals surface area contributed by atoms with Crippen molar-refractivity contribution in [3.8, 4) is 11.5 Å². The second-order valence-corrected chi connectivity index (χ2v) is 7.35. The van der Waals surface area contributed by atoms with E-state index in [-0.39, 0.29) is 12.2 Å². The Morgan fingerprint density at radius 1 is 0.938 bits per heavy atom. The van der Waals surface area contributed by atoms with Crippen LogP contribution in [0.5, 0.6) is 11.5 Å². The largest absolute Gasteiger partial charge is 0.467 e. The van der Waals surface area contributed by atoms with E-state index in [1.54, 1.807) is 48.5 Å². The maximum Gasteiger partial charge on any atom is 0.330 e. The molecule has 3 aromatic rings. The molecule has 0 aliphatic carbocycles. The molecule has 0 fully saturated rings. The molecule has 7 heteroatoms. The number of nitrogens with one attached hydrogen (secondary N) is 1. The fourth-order valence-electron chi connectivity index (χ4n) is 2.96. The van der Waals surface area contributed by atoms with E-state index in [0.717, 1.165) is 5.56 Å². The normalized spacial score (nSPS) is 11.4. The Bertz CT molecular complexity index is 1020. The first-order chi connectivity index (χ1) is 15.6. The van der Waals surface area contributed by atoms with Crippen molar-refractivity contribution in [2.24, 2.45) is 0 Å². The average Bonchev–Trinajstić information content (AvgIpc) is 2.83. The van der Waals surface area contributed by atoms with Crippen molar-refractivity contribution in [3.63, 3.8) is 0 Å². The van der Waals surface area contributed by atoms with Crippen molar-refractivity contribution in [1.29, 1.82) is 0 Å². The van der Waals surface area contributed by atoms with Crippen LogP contribution in [0.4, 0.5) is 0 Å². The third kappa shape index (κ3) is 6.83. The Morgan fingerprint density at radius 2 is 1.62 bits per heavy atom. The van der Waals surface area contributed by atoms with E-state index in [1.165, 1.54) is 7.11 Å². The number of ether oxygens (including phenoxy) is 3. The van der Waals surface area contributed by atoms with E-state index in [9.17, 15) is 9.59 Å². The van der Waals surface area contributed by atoms with Crippen LogP contribution in [0.1, 0.15) is 15.9 Å². The number of halogens is 1. The quantitative estimate of drug-likeness (QED) is 0.357. The second kappa shape index (κ2) is 11.9. The molecule has 0 aliphatic heterocycles. The molecular weight excluding hydrogens is 430 g/mol. The number of benzene rings is 3. The monoisotopic (exact) mass is 453 g/mol. The lowest BCUT2D eigenvalue weighted by Gasteiger charge is -2.18. The van der Waals surface area contributed by atoms with Gasteiger partial charge in [0.15, 0.2) is 6.04 Å². The van der Waals surface area contributed by atoms with Crippen LogP contribution < -0.4 is 10.1 Å². The van der Waals surface area contributed by atoms with Gasteiger partial charge in [0, 0.05) is 5.02 Å². The predicted octanol–water partition coefficient (Wildman–Crippen LogP) is 4.66. The summed E-state index contributed by atoms with van der Waals surface area (Å²) in [4.78, 5) is 25.1. The average molecular weight is 454 g/mol. The Labute approximate surface area is 192 Å². The SMILES string of the molecule is COC(=O)C(COCCc1ccccc1)NC(=O)c1ccccc1Oc1ccc(Cl)cc1. The fourth-order valence-corrected chi connectivity index (χ4v) is 3.08. The summed E-state index contributed by atoms with van der Waals surface area (Å²) in [5.74, 6) is -0.185. The highest BCUT2D eigenvalue weighted by Crippen LogP contribution is 2.26. The van der Waals surface area contributed by atoms with Crippen molar-refractivity contribution < 1.29 is 23.8 Å². The topological polar surface area (TPSA) is 73.9 Å². The molecule has 1 unspecified atom stereocenters. The number of carbonyl (C=O) groups excluding carboxylic acids is 2. The van der Waals surface area contributed by atoms with E-state index >= 15 is 0 Å². The van der Waals surface area contributed by atoms with Crippen LogP contribution in [-0.4, -0.2) is 38.2 Å². The van der Waals surface area contributed by atoms with E-state index in [2.05, 4.69) is 5.32 Å². The third-order valence-corrected chi connectivity index (χ3v) is 4.88. The van der Waals surface area contributed by atoms with Gasteiger partial charge in [0.2, 0.25) is 0 Å². The molecule has 0 saturated carbocycles. The van der Waals surface area contributed by atoms with Gasteiger partial charge in [-0.1, -0.05) is 54.1 Å². The summed E-state index contributed by atoms with van der Waals surface area (Å²) >= 11 is 5.91. The molecule has 0 bridgehead atoms. The zero-order valence-corrected chi connectivity index (χ0v) is 18.4. The minimum absolute atomic E-state index is 0.00848. The maximum absolute atomic E-state index is 12.9. The molecule has 166 valence electrons. The number of hydrogen-bond acceptors (Lipinski definition) is 5. The van der Waals surface area contributed by atoms with Crippen molar-refractivity contribution in [3.05, 3.63) is 95.0 Å². The van der Waals surface area contributed by atoms with Gasteiger partial charge in [-0.15, -0.1) is 0 Å². The van der Waals surface area contributed by atoms with Crippen LogP contribution >= 0.6 is 11.6 Å². The lowest BCUT2D eigenvalue weighted by molar-refractivity contribution is -0.144. The number of methoxy groups -OCH3 is 1. The van der Waals surface area contributed by atoms with Crippen molar-refractivity contribution in [1.82, 2.24) is 5.32 Å². The van der Waals surface area contributed by atoms with Gasteiger partial charge in [0.1, 0.15) is 11.5 Å². The molecule has 1 N–H and O–H groups in total. The number of para-hydroxylation sites is 1. The number of esters is 1. The van der Waals surface area contributed by atoms with Crippen LogP contribution in [0.15, 0.2) is 78.9 Å². The highest BCUT2D eigenvalue weighted by molar-refractivity contribution is 6.30. The maximum atomic E-state index is 12.9. The molecular formula is C25H24ClNO5.